The van der Waals surface area contributed by atoms with Crippen molar-refractivity contribution in [1.29, 1.82) is 0 Å². The van der Waals surface area contributed by atoms with Crippen LogP contribution in [0.25, 0.3) is 0 Å². The number of nitrogens with zero attached hydrogens (tertiary/aromatic N) is 1. The van der Waals surface area contributed by atoms with Gasteiger partial charge < -0.3 is 9.57 Å². The van der Waals surface area contributed by atoms with Gasteiger partial charge >= 0.3 is 0 Å². The van der Waals surface area contributed by atoms with E-state index in [9.17, 15) is 0 Å². The summed E-state index contributed by atoms with van der Waals surface area (Å²) in [7, 11) is 1.61. The predicted molar refractivity (Wildman–Crippen MR) is 74.7 cm³/mol. The zero-order chi connectivity index (χ0) is 12.8. The van der Waals surface area contributed by atoms with Gasteiger partial charge in [-0.2, -0.15) is 0 Å². The van der Waals surface area contributed by atoms with E-state index in [4.69, 9.17) is 21.2 Å². The van der Waals surface area contributed by atoms with Gasteiger partial charge in [0, 0.05) is 15.5 Å². The maximum absolute atomic E-state index is 5.92. The van der Waals surface area contributed by atoms with Crippen LogP contribution in [0.3, 0.4) is 0 Å². The Hall–Kier alpha value is -1.52. The molecule has 0 spiro atoms. The standard InChI is InChI=1S/C13H12ClNO2S/c1-16-13-5-4-11(14)7-10(13)9-17-15-8-12-3-2-6-18-12/h2-8H,9H2,1H3/b15-8+. The van der Waals surface area contributed by atoms with Crippen LogP contribution in [0.5, 0.6) is 5.75 Å². The lowest BCUT2D eigenvalue weighted by atomic mass is 10.2. The van der Waals surface area contributed by atoms with E-state index >= 15 is 0 Å². The van der Waals surface area contributed by atoms with Crippen molar-refractivity contribution in [2.24, 2.45) is 5.16 Å². The van der Waals surface area contributed by atoms with Gasteiger partial charge in [-0.25, -0.2) is 0 Å². The second-order valence-corrected chi connectivity index (χ2v) is 4.90. The first-order valence-corrected chi connectivity index (χ1v) is 6.56. The van der Waals surface area contributed by atoms with Crippen molar-refractivity contribution in [3.63, 3.8) is 0 Å². The molecule has 0 unspecified atom stereocenters. The van der Waals surface area contributed by atoms with Crippen molar-refractivity contribution in [2.45, 2.75) is 6.61 Å². The smallest absolute Gasteiger partial charge is 0.145 e. The van der Waals surface area contributed by atoms with E-state index in [-0.39, 0.29) is 0 Å². The fraction of sp³-hybridized carbons (Fsp3) is 0.154. The minimum absolute atomic E-state index is 0.325. The zero-order valence-electron chi connectivity index (χ0n) is 9.80. The molecule has 94 valence electrons. The molecular weight excluding hydrogens is 270 g/mol. The number of oxime groups is 1. The fourth-order valence-electron chi connectivity index (χ4n) is 1.42. The van der Waals surface area contributed by atoms with Gasteiger partial charge in [-0.15, -0.1) is 11.3 Å². The Bertz CT molecular complexity index is 526. The average Bonchev–Trinajstić information content (AvgIpc) is 2.88. The monoisotopic (exact) mass is 281 g/mol. The predicted octanol–water partition coefficient (Wildman–Crippen LogP) is 3.96. The van der Waals surface area contributed by atoms with Crippen LogP contribution in [0.4, 0.5) is 0 Å². The van der Waals surface area contributed by atoms with Gasteiger partial charge in [0.2, 0.25) is 0 Å². The Kier molecular flexibility index (Phi) is 4.61. The Morgan fingerprint density at radius 1 is 1.39 bits per heavy atom. The summed E-state index contributed by atoms with van der Waals surface area (Å²) in [5, 5.41) is 6.54. The maximum Gasteiger partial charge on any atom is 0.145 e. The molecule has 3 nitrogen and oxygen atoms in total. The molecule has 2 aromatic rings. The number of benzene rings is 1. The Morgan fingerprint density at radius 2 is 2.28 bits per heavy atom. The molecule has 0 aliphatic rings. The lowest BCUT2D eigenvalue weighted by Gasteiger charge is -2.07. The van der Waals surface area contributed by atoms with Gasteiger partial charge in [-0.3, -0.25) is 0 Å². The molecular formula is C13H12ClNO2S. The number of rotatable bonds is 5. The van der Waals surface area contributed by atoms with Crippen LogP contribution in [0, 0.1) is 0 Å². The van der Waals surface area contributed by atoms with E-state index < -0.39 is 0 Å². The molecule has 18 heavy (non-hydrogen) atoms. The summed E-state index contributed by atoms with van der Waals surface area (Å²) < 4.78 is 5.21. The van der Waals surface area contributed by atoms with Gasteiger partial charge in [-0.05, 0) is 29.6 Å². The highest BCUT2D eigenvalue weighted by molar-refractivity contribution is 7.11. The summed E-state index contributed by atoms with van der Waals surface area (Å²) in [6, 6.07) is 9.33. The van der Waals surface area contributed by atoms with E-state index in [1.54, 1.807) is 36.8 Å². The molecule has 1 aromatic heterocycles. The highest BCUT2D eigenvalue weighted by Crippen LogP contribution is 2.23. The lowest BCUT2D eigenvalue weighted by molar-refractivity contribution is 0.130. The van der Waals surface area contributed by atoms with Crippen molar-refractivity contribution in [1.82, 2.24) is 0 Å². The summed E-state index contributed by atoms with van der Waals surface area (Å²) in [5.41, 5.74) is 0.869. The van der Waals surface area contributed by atoms with Crippen LogP contribution in [0.2, 0.25) is 5.02 Å². The van der Waals surface area contributed by atoms with Crippen LogP contribution in [-0.4, -0.2) is 13.3 Å². The Labute approximate surface area is 115 Å². The van der Waals surface area contributed by atoms with Crippen LogP contribution < -0.4 is 4.74 Å². The second-order valence-electron chi connectivity index (χ2n) is 3.48. The van der Waals surface area contributed by atoms with E-state index in [1.807, 2.05) is 23.6 Å². The molecule has 0 radical (unpaired) electrons. The number of hydrogen-bond acceptors (Lipinski definition) is 4. The first-order chi connectivity index (χ1) is 8.79. The molecule has 0 N–H and O–H groups in total. The summed E-state index contributed by atoms with van der Waals surface area (Å²) in [5.74, 6) is 0.741. The molecule has 2 rings (SSSR count). The maximum atomic E-state index is 5.92. The third kappa shape index (κ3) is 3.48. The number of ether oxygens (including phenoxy) is 1. The van der Waals surface area contributed by atoms with E-state index in [0.717, 1.165) is 16.2 Å². The minimum Gasteiger partial charge on any atom is -0.496 e. The van der Waals surface area contributed by atoms with Crippen molar-refractivity contribution in [3.05, 3.63) is 51.2 Å². The minimum atomic E-state index is 0.325. The number of hydrogen-bond donors (Lipinski definition) is 0. The molecule has 5 heteroatoms. The van der Waals surface area contributed by atoms with Crippen molar-refractivity contribution < 1.29 is 9.57 Å². The SMILES string of the molecule is COc1ccc(Cl)cc1CO/N=C/c1cccs1. The average molecular weight is 282 g/mol. The van der Waals surface area contributed by atoms with Crippen LogP contribution in [-0.2, 0) is 11.4 Å². The third-order valence-corrected chi connectivity index (χ3v) is 3.30. The first kappa shape index (κ1) is 12.9. The largest absolute Gasteiger partial charge is 0.496 e. The van der Waals surface area contributed by atoms with Crippen LogP contribution in [0.15, 0.2) is 40.9 Å². The lowest BCUT2D eigenvalue weighted by Crippen LogP contribution is -1.93. The number of thiophene rings is 1. The quantitative estimate of drug-likeness (QED) is 0.613. The molecule has 0 saturated carbocycles. The summed E-state index contributed by atoms with van der Waals surface area (Å²) >= 11 is 7.52. The Morgan fingerprint density at radius 3 is 3.00 bits per heavy atom. The Balaban J connectivity index is 1.95. The molecule has 0 aliphatic heterocycles. The van der Waals surface area contributed by atoms with Crippen molar-refractivity contribution in [2.75, 3.05) is 7.11 Å². The molecule has 0 aliphatic carbocycles. The van der Waals surface area contributed by atoms with Crippen molar-refractivity contribution in [3.8, 4) is 5.75 Å². The first-order valence-electron chi connectivity index (χ1n) is 5.31. The van der Waals surface area contributed by atoms with Crippen molar-refractivity contribution >= 4 is 29.2 Å². The highest BCUT2D eigenvalue weighted by Gasteiger charge is 2.03. The molecule has 1 aromatic carbocycles. The van der Waals surface area contributed by atoms with Gasteiger partial charge in [-0.1, -0.05) is 22.8 Å². The molecule has 1 heterocycles. The fourth-order valence-corrected chi connectivity index (χ4v) is 2.19. The van der Waals surface area contributed by atoms with Gasteiger partial charge in [0.1, 0.15) is 12.4 Å². The van der Waals surface area contributed by atoms with Crippen LogP contribution >= 0.6 is 22.9 Å². The van der Waals surface area contributed by atoms with Gasteiger partial charge in [0.15, 0.2) is 0 Å². The number of methoxy groups -OCH3 is 1. The normalized spacial score (nSPS) is 10.8. The highest BCUT2D eigenvalue weighted by atomic mass is 35.5. The van der Waals surface area contributed by atoms with E-state index in [1.165, 1.54) is 0 Å². The zero-order valence-corrected chi connectivity index (χ0v) is 11.4. The van der Waals surface area contributed by atoms with Crippen LogP contribution in [0.1, 0.15) is 10.4 Å². The van der Waals surface area contributed by atoms with E-state index in [2.05, 4.69) is 5.16 Å². The second kappa shape index (κ2) is 6.42. The summed E-state index contributed by atoms with van der Waals surface area (Å²) in [4.78, 5) is 6.28. The van der Waals surface area contributed by atoms with Gasteiger partial charge in [0.25, 0.3) is 0 Å². The van der Waals surface area contributed by atoms with E-state index in [0.29, 0.717) is 11.6 Å². The molecule has 0 amide bonds. The molecule has 0 saturated heterocycles. The third-order valence-electron chi connectivity index (χ3n) is 2.26. The van der Waals surface area contributed by atoms with Gasteiger partial charge in [0.05, 0.1) is 13.3 Å². The summed E-state index contributed by atoms with van der Waals surface area (Å²) in [6.45, 7) is 0.325. The topological polar surface area (TPSA) is 30.8 Å². The molecule has 0 fully saturated rings. The summed E-state index contributed by atoms with van der Waals surface area (Å²) in [6.07, 6.45) is 1.68. The number of halogens is 1. The molecule has 0 atom stereocenters. The molecule has 0 bridgehead atoms.